The number of nitrogens with zero attached hydrogens (tertiary/aromatic N) is 1. The molecular formula is C13H26N2O. The molecule has 3 heteroatoms. The average molecular weight is 226 g/mol. The van der Waals surface area contributed by atoms with Crippen molar-refractivity contribution in [2.24, 2.45) is 17.1 Å². The Hall–Kier alpha value is -0.570. The highest BCUT2D eigenvalue weighted by Gasteiger charge is 2.34. The Bertz CT molecular complexity index is 245. The van der Waals surface area contributed by atoms with Crippen LogP contribution in [0.1, 0.15) is 47.0 Å². The summed E-state index contributed by atoms with van der Waals surface area (Å²) < 4.78 is 0. The average Bonchev–Trinajstić information content (AvgIpc) is 2.65. The second kappa shape index (κ2) is 5.17. The van der Waals surface area contributed by atoms with Crippen LogP contribution >= 0.6 is 0 Å². The van der Waals surface area contributed by atoms with E-state index < -0.39 is 0 Å². The van der Waals surface area contributed by atoms with Crippen molar-refractivity contribution in [1.29, 1.82) is 0 Å². The van der Waals surface area contributed by atoms with Gasteiger partial charge in [0.05, 0.1) is 6.04 Å². The molecule has 1 heterocycles. The van der Waals surface area contributed by atoms with Crippen molar-refractivity contribution in [3.05, 3.63) is 0 Å². The van der Waals surface area contributed by atoms with Crippen LogP contribution in [-0.4, -0.2) is 29.9 Å². The molecule has 3 nitrogen and oxygen atoms in total. The summed E-state index contributed by atoms with van der Waals surface area (Å²) in [5, 5.41) is 0. The van der Waals surface area contributed by atoms with Gasteiger partial charge in [0, 0.05) is 13.1 Å². The van der Waals surface area contributed by atoms with Gasteiger partial charge >= 0.3 is 0 Å². The zero-order chi connectivity index (χ0) is 12.3. The highest BCUT2D eigenvalue weighted by Crippen LogP contribution is 2.33. The Morgan fingerprint density at radius 3 is 2.56 bits per heavy atom. The quantitative estimate of drug-likeness (QED) is 0.800. The molecule has 0 aromatic carbocycles. The topological polar surface area (TPSA) is 46.3 Å². The monoisotopic (exact) mass is 226 g/mol. The highest BCUT2D eigenvalue weighted by atomic mass is 16.2. The molecule has 94 valence electrons. The first-order valence-electron chi connectivity index (χ1n) is 6.40. The lowest BCUT2D eigenvalue weighted by molar-refractivity contribution is -0.131. The minimum absolute atomic E-state index is 0.147. The van der Waals surface area contributed by atoms with Gasteiger partial charge in [-0.3, -0.25) is 4.79 Å². The van der Waals surface area contributed by atoms with Crippen LogP contribution in [0.25, 0.3) is 0 Å². The summed E-state index contributed by atoms with van der Waals surface area (Å²) in [6.07, 6.45) is 2.90. The Kier molecular flexibility index (Phi) is 4.36. The molecule has 0 aromatic rings. The standard InChI is InChI=1S/C13H26N2O/c1-5-6-11(14)12(16)15-8-7-10(9-15)13(2,3)4/h10-11H,5-9,14H2,1-4H3. The number of likely N-dealkylation sites (tertiary alicyclic amines) is 1. The number of hydrogen-bond donors (Lipinski definition) is 1. The first-order chi connectivity index (χ1) is 7.36. The van der Waals surface area contributed by atoms with Crippen LogP contribution in [0.4, 0.5) is 0 Å². The molecule has 0 bridgehead atoms. The lowest BCUT2D eigenvalue weighted by Crippen LogP contribution is -2.43. The molecule has 1 saturated heterocycles. The molecule has 2 N–H and O–H groups in total. The Balaban J connectivity index is 2.50. The number of nitrogens with two attached hydrogens (primary N) is 1. The van der Waals surface area contributed by atoms with Crippen molar-refractivity contribution in [2.75, 3.05) is 13.1 Å². The van der Waals surface area contributed by atoms with E-state index in [0.717, 1.165) is 32.4 Å². The van der Waals surface area contributed by atoms with Crippen LogP contribution in [0, 0.1) is 11.3 Å². The predicted molar refractivity (Wildman–Crippen MR) is 67.0 cm³/mol. The molecule has 1 aliphatic rings. The van der Waals surface area contributed by atoms with Gasteiger partial charge in [-0.25, -0.2) is 0 Å². The van der Waals surface area contributed by atoms with Crippen molar-refractivity contribution >= 4 is 5.91 Å². The second-order valence-electron chi connectivity index (χ2n) is 6.03. The predicted octanol–water partition coefficient (Wildman–Crippen LogP) is 2.01. The first-order valence-corrected chi connectivity index (χ1v) is 6.40. The number of hydrogen-bond acceptors (Lipinski definition) is 2. The fourth-order valence-electron chi connectivity index (χ4n) is 2.34. The van der Waals surface area contributed by atoms with Crippen LogP contribution in [0.5, 0.6) is 0 Å². The van der Waals surface area contributed by atoms with E-state index in [4.69, 9.17) is 5.73 Å². The molecular weight excluding hydrogens is 200 g/mol. The molecule has 0 radical (unpaired) electrons. The van der Waals surface area contributed by atoms with Crippen LogP contribution in [0.15, 0.2) is 0 Å². The third kappa shape index (κ3) is 3.21. The molecule has 1 rings (SSSR count). The molecule has 16 heavy (non-hydrogen) atoms. The Morgan fingerprint density at radius 2 is 2.12 bits per heavy atom. The molecule has 0 saturated carbocycles. The highest BCUT2D eigenvalue weighted by molar-refractivity contribution is 5.81. The van der Waals surface area contributed by atoms with E-state index in [2.05, 4.69) is 27.7 Å². The zero-order valence-corrected chi connectivity index (χ0v) is 11.1. The minimum atomic E-state index is -0.288. The summed E-state index contributed by atoms with van der Waals surface area (Å²) >= 11 is 0. The van der Waals surface area contributed by atoms with E-state index in [9.17, 15) is 4.79 Å². The maximum atomic E-state index is 12.0. The largest absolute Gasteiger partial charge is 0.341 e. The van der Waals surface area contributed by atoms with Gasteiger partial charge < -0.3 is 10.6 Å². The minimum Gasteiger partial charge on any atom is -0.341 e. The fraction of sp³-hybridized carbons (Fsp3) is 0.923. The van der Waals surface area contributed by atoms with E-state index in [1.54, 1.807) is 0 Å². The maximum Gasteiger partial charge on any atom is 0.239 e. The number of amides is 1. The van der Waals surface area contributed by atoms with Crippen LogP contribution in [0.3, 0.4) is 0 Å². The molecule has 0 aromatic heterocycles. The van der Waals surface area contributed by atoms with Gasteiger partial charge in [0.2, 0.25) is 5.91 Å². The van der Waals surface area contributed by atoms with Crippen LogP contribution in [-0.2, 0) is 4.79 Å². The normalized spacial score (nSPS) is 23.6. The summed E-state index contributed by atoms with van der Waals surface area (Å²) in [7, 11) is 0. The van der Waals surface area contributed by atoms with Crippen molar-refractivity contribution < 1.29 is 4.79 Å². The molecule has 2 unspecified atom stereocenters. The summed E-state index contributed by atoms with van der Waals surface area (Å²) in [6.45, 7) is 10.6. The van der Waals surface area contributed by atoms with Crippen LogP contribution in [0.2, 0.25) is 0 Å². The van der Waals surface area contributed by atoms with Gasteiger partial charge in [-0.05, 0) is 24.2 Å². The van der Waals surface area contributed by atoms with Gasteiger partial charge in [0.15, 0.2) is 0 Å². The number of rotatable bonds is 3. The molecule has 1 amide bonds. The van der Waals surface area contributed by atoms with E-state index in [1.165, 1.54) is 0 Å². The summed E-state index contributed by atoms with van der Waals surface area (Å²) in [6, 6.07) is -0.288. The van der Waals surface area contributed by atoms with Gasteiger partial charge in [-0.1, -0.05) is 34.1 Å². The number of carbonyl (C=O) groups is 1. The smallest absolute Gasteiger partial charge is 0.239 e. The molecule has 0 aliphatic carbocycles. The summed E-state index contributed by atoms with van der Waals surface area (Å²) in [5.41, 5.74) is 6.17. The lowest BCUT2D eigenvalue weighted by atomic mass is 9.80. The zero-order valence-electron chi connectivity index (χ0n) is 11.1. The SMILES string of the molecule is CCCC(N)C(=O)N1CCC(C(C)(C)C)C1. The Labute approximate surface area is 99.4 Å². The second-order valence-corrected chi connectivity index (χ2v) is 6.03. The Morgan fingerprint density at radius 1 is 1.50 bits per heavy atom. The van der Waals surface area contributed by atoms with Gasteiger partial charge in [0.1, 0.15) is 0 Å². The molecule has 2 atom stereocenters. The summed E-state index contributed by atoms with van der Waals surface area (Å²) in [5.74, 6) is 0.763. The molecule has 1 fully saturated rings. The third-order valence-electron chi connectivity index (χ3n) is 3.64. The van der Waals surface area contributed by atoms with Gasteiger partial charge in [-0.2, -0.15) is 0 Å². The van der Waals surface area contributed by atoms with E-state index >= 15 is 0 Å². The van der Waals surface area contributed by atoms with E-state index in [1.807, 2.05) is 4.90 Å². The lowest BCUT2D eigenvalue weighted by Gasteiger charge is -2.27. The number of carbonyl (C=O) groups excluding carboxylic acids is 1. The fourth-order valence-corrected chi connectivity index (χ4v) is 2.34. The molecule has 0 spiro atoms. The molecule has 1 aliphatic heterocycles. The van der Waals surface area contributed by atoms with Gasteiger partial charge in [-0.15, -0.1) is 0 Å². The first kappa shape index (κ1) is 13.5. The van der Waals surface area contributed by atoms with E-state index in [-0.39, 0.29) is 11.9 Å². The van der Waals surface area contributed by atoms with Crippen molar-refractivity contribution in [2.45, 2.75) is 53.0 Å². The van der Waals surface area contributed by atoms with E-state index in [0.29, 0.717) is 11.3 Å². The summed E-state index contributed by atoms with van der Waals surface area (Å²) in [4.78, 5) is 14.0. The third-order valence-corrected chi connectivity index (χ3v) is 3.64. The van der Waals surface area contributed by atoms with Crippen molar-refractivity contribution in [3.63, 3.8) is 0 Å². The van der Waals surface area contributed by atoms with Gasteiger partial charge in [0.25, 0.3) is 0 Å². The van der Waals surface area contributed by atoms with Crippen molar-refractivity contribution in [3.8, 4) is 0 Å². The maximum absolute atomic E-state index is 12.0. The van der Waals surface area contributed by atoms with Crippen LogP contribution < -0.4 is 5.73 Å². The van der Waals surface area contributed by atoms with Crippen molar-refractivity contribution in [1.82, 2.24) is 4.90 Å².